The van der Waals surface area contributed by atoms with E-state index in [4.69, 9.17) is 0 Å². The Hall–Kier alpha value is -2.19. The molecule has 0 radical (unpaired) electrons. The Kier molecular flexibility index (Phi) is 3.75. The first kappa shape index (κ1) is 12.8. The van der Waals surface area contributed by atoms with Crippen molar-refractivity contribution < 1.29 is 0 Å². The van der Waals surface area contributed by atoms with Crippen LogP contribution in [0, 0.1) is 0 Å². The summed E-state index contributed by atoms with van der Waals surface area (Å²) in [4.78, 5) is 4.27. The van der Waals surface area contributed by atoms with E-state index in [0.717, 1.165) is 6.54 Å². The molecule has 1 unspecified atom stereocenters. The van der Waals surface area contributed by atoms with E-state index in [9.17, 15) is 0 Å². The molecule has 0 fully saturated rings. The van der Waals surface area contributed by atoms with Crippen molar-refractivity contribution in [1.29, 1.82) is 0 Å². The average Bonchev–Trinajstić information content (AvgIpc) is 2.53. The SMILES string of the molecule is CNCC(c1cccnc1)c1cccc2ccccc12. The topological polar surface area (TPSA) is 24.9 Å². The van der Waals surface area contributed by atoms with Gasteiger partial charge in [0.15, 0.2) is 0 Å². The lowest BCUT2D eigenvalue weighted by atomic mass is 9.88. The summed E-state index contributed by atoms with van der Waals surface area (Å²) in [5, 5.41) is 5.91. The molecule has 0 saturated heterocycles. The van der Waals surface area contributed by atoms with Crippen LogP contribution in [0.25, 0.3) is 10.8 Å². The molecule has 2 heteroatoms. The molecule has 100 valence electrons. The molecule has 1 atom stereocenters. The van der Waals surface area contributed by atoms with Crippen LogP contribution in [0.2, 0.25) is 0 Å². The van der Waals surface area contributed by atoms with E-state index in [1.807, 2.05) is 25.5 Å². The lowest BCUT2D eigenvalue weighted by Gasteiger charge is -2.19. The van der Waals surface area contributed by atoms with Gasteiger partial charge in [0.05, 0.1) is 0 Å². The molecule has 1 N–H and O–H groups in total. The standard InChI is InChI=1S/C18H18N2/c1-19-13-18(15-8-5-11-20-12-15)17-10-4-7-14-6-2-3-9-16(14)17/h2-12,18-19H,13H2,1H3. The molecule has 0 aliphatic heterocycles. The molecule has 1 heterocycles. The smallest absolute Gasteiger partial charge is 0.0306 e. The zero-order chi connectivity index (χ0) is 13.8. The van der Waals surface area contributed by atoms with Crippen molar-refractivity contribution in [3.63, 3.8) is 0 Å². The van der Waals surface area contributed by atoms with Gasteiger partial charge in [0.1, 0.15) is 0 Å². The average molecular weight is 262 g/mol. The zero-order valence-corrected chi connectivity index (χ0v) is 11.6. The second-order valence-corrected chi connectivity index (χ2v) is 4.96. The highest BCUT2D eigenvalue weighted by atomic mass is 14.8. The highest BCUT2D eigenvalue weighted by Gasteiger charge is 2.15. The largest absolute Gasteiger partial charge is 0.319 e. The van der Waals surface area contributed by atoms with E-state index in [0.29, 0.717) is 5.92 Å². The van der Waals surface area contributed by atoms with Crippen molar-refractivity contribution >= 4 is 10.8 Å². The van der Waals surface area contributed by atoms with Crippen LogP contribution in [-0.4, -0.2) is 18.6 Å². The third-order valence-corrected chi connectivity index (χ3v) is 3.69. The molecule has 3 rings (SSSR count). The van der Waals surface area contributed by atoms with Gasteiger partial charge in [-0.2, -0.15) is 0 Å². The van der Waals surface area contributed by atoms with Crippen LogP contribution in [-0.2, 0) is 0 Å². The molecule has 0 amide bonds. The fourth-order valence-corrected chi connectivity index (χ4v) is 2.75. The maximum absolute atomic E-state index is 4.27. The normalized spacial score (nSPS) is 12.4. The van der Waals surface area contributed by atoms with Crippen molar-refractivity contribution in [2.45, 2.75) is 5.92 Å². The van der Waals surface area contributed by atoms with E-state index in [1.165, 1.54) is 21.9 Å². The Labute approximate surface area is 119 Å². The molecule has 2 aromatic carbocycles. The monoisotopic (exact) mass is 262 g/mol. The summed E-state index contributed by atoms with van der Waals surface area (Å²) >= 11 is 0. The van der Waals surface area contributed by atoms with Gasteiger partial charge in [-0.25, -0.2) is 0 Å². The quantitative estimate of drug-likeness (QED) is 0.777. The van der Waals surface area contributed by atoms with Crippen molar-refractivity contribution in [1.82, 2.24) is 10.3 Å². The number of fused-ring (bicyclic) bond motifs is 1. The maximum Gasteiger partial charge on any atom is 0.0306 e. The molecule has 0 spiro atoms. The van der Waals surface area contributed by atoms with Crippen LogP contribution >= 0.6 is 0 Å². The van der Waals surface area contributed by atoms with Crippen molar-refractivity contribution in [2.24, 2.45) is 0 Å². The lowest BCUT2D eigenvalue weighted by Crippen LogP contribution is -2.18. The molecule has 0 aliphatic rings. The summed E-state index contributed by atoms with van der Waals surface area (Å²) in [6.07, 6.45) is 3.78. The molecule has 0 saturated carbocycles. The van der Waals surface area contributed by atoms with Crippen molar-refractivity contribution in [3.8, 4) is 0 Å². The number of nitrogens with one attached hydrogen (secondary N) is 1. The third kappa shape index (κ3) is 2.43. The molecule has 1 aromatic heterocycles. The first-order valence-electron chi connectivity index (χ1n) is 6.92. The summed E-state index contributed by atoms with van der Waals surface area (Å²) in [6.45, 7) is 0.902. The van der Waals surface area contributed by atoms with Crippen LogP contribution in [0.15, 0.2) is 67.0 Å². The molecule has 0 aliphatic carbocycles. The number of nitrogens with zero attached hydrogens (tertiary/aromatic N) is 1. The molecule has 0 bridgehead atoms. The predicted molar refractivity (Wildman–Crippen MR) is 84.0 cm³/mol. The van der Waals surface area contributed by atoms with E-state index >= 15 is 0 Å². The number of hydrogen-bond acceptors (Lipinski definition) is 2. The summed E-state index contributed by atoms with van der Waals surface area (Å²) < 4.78 is 0. The van der Waals surface area contributed by atoms with Crippen LogP contribution in [0.1, 0.15) is 17.0 Å². The summed E-state index contributed by atoms with van der Waals surface area (Å²) in [5.41, 5.74) is 2.60. The molecule has 20 heavy (non-hydrogen) atoms. The fraction of sp³-hybridized carbons (Fsp3) is 0.167. The van der Waals surface area contributed by atoms with E-state index < -0.39 is 0 Å². The Morgan fingerprint density at radius 2 is 1.85 bits per heavy atom. The summed E-state index contributed by atoms with van der Waals surface area (Å²) in [5.74, 6) is 0.319. The number of rotatable bonds is 4. The lowest BCUT2D eigenvalue weighted by molar-refractivity contribution is 0.709. The van der Waals surface area contributed by atoms with Gasteiger partial charge in [-0.1, -0.05) is 48.5 Å². The van der Waals surface area contributed by atoms with Gasteiger partial charge in [0.2, 0.25) is 0 Å². The minimum atomic E-state index is 0.319. The fourth-order valence-electron chi connectivity index (χ4n) is 2.75. The van der Waals surface area contributed by atoms with Crippen LogP contribution in [0.4, 0.5) is 0 Å². The minimum Gasteiger partial charge on any atom is -0.319 e. The van der Waals surface area contributed by atoms with Crippen LogP contribution in [0.5, 0.6) is 0 Å². The first-order chi connectivity index (χ1) is 9.90. The first-order valence-corrected chi connectivity index (χ1v) is 6.92. The molecule has 2 nitrogen and oxygen atoms in total. The highest BCUT2D eigenvalue weighted by molar-refractivity contribution is 5.86. The van der Waals surface area contributed by atoms with Gasteiger partial charge >= 0.3 is 0 Å². The second-order valence-electron chi connectivity index (χ2n) is 4.96. The van der Waals surface area contributed by atoms with Crippen LogP contribution in [0.3, 0.4) is 0 Å². The Morgan fingerprint density at radius 3 is 2.65 bits per heavy atom. The highest BCUT2D eigenvalue weighted by Crippen LogP contribution is 2.29. The van der Waals surface area contributed by atoms with Gasteiger partial charge in [0.25, 0.3) is 0 Å². The Balaban J connectivity index is 2.15. The summed E-state index contributed by atoms with van der Waals surface area (Å²) in [7, 11) is 1.99. The Morgan fingerprint density at radius 1 is 1.00 bits per heavy atom. The Bertz CT molecular complexity index is 687. The third-order valence-electron chi connectivity index (χ3n) is 3.69. The predicted octanol–water partition coefficient (Wildman–Crippen LogP) is 3.59. The van der Waals surface area contributed by atoms with Crippen LogP contribution < -0.4 is 5.32 Å². The van der Waals surface area contributed by atoms with Gasteiger partial charge in [0, 0.05) is 24.9 Å². The van der Waals surface area contributed by atoms with Crippen molar-refractivity contribution in [2.75, 3.05) is 13.6 Å². The van der Waals surface area contributed by atoms with Gasteiger partial charge in [-0.05, 0) is 35.0 Å². The number of pyridine rings is 1. The molecule has 3 aromatic rings. The van der Waals surface area contributed by atoms with Gasteiger partial charge in [-0.3, -0.25) is 4.98 Å². The maximum atomic E-state index is 4.27. The van der Waals surface area contributed by atoms with E-state index in [1.54, 1.807) is 0 Å². The van der Waals surface area contributed by atoms with Gasteiger partial charge < -0.3 is 5.32 Å². The van der Waals surface area contributed by atoms with Crippen molar-refractivity contribution in [3.05, 3.63) is 78.1 Å². The minimum absolute atomic E-state index is 0.319. The second kappa shape index (κ2) is 5.85. The number of benzene rings is 2. The number of hydrogen-bond donors (Lipinski definition) is 1. The summed E-state index contributed by atoms with van der Waals surface area (Å²) in [6, 6.07) is 19.2. The number of aromatic nitrogens is 1. The van der Waals surface area contributed by atoms with Gasteiger partial charge in [-0.15, -0.1) is 0 Å². The molecular weight excluding hydrogens is 244 g/mol. The number of likely N-dealkylation sites (N-methyl/N-ethyl adjacent to an activating group) is 1. The molecular formula is C18H18N2. The van der Waals surface area contributed by atoms with E-state index in [-0.39, 0.29) is 0 Å². The zero-order valence-electron chi connectivity index (χ0n) is 11.6. The van der Waals surface area contributed by atoms with E-state index in [2.05, 4.69) is 58.8 Å².